The number of nitrogens with one attached hydrogen (secondary N) is 1. The Kier molecular flexibility index (Phi) is 4.26. The topological polar surface area (TPSA) is 141 Å². The number of ether oxygens (including phenoxy) is 1. The van der Waals surface area contributed by atoms with E-state index in [-0.39, 0.29) is 22.9 Å². The van der Waals surface area contributed by atoms with E-state index in [0.717, 1.165) is 10.9 Å². The zero-order valence-corrected chi connectivity index (χ0v) is 12.5. The number of carbonyl (C=O) groups is 1. The number of carbonyl (C=O) groups excluding carboxylic acids is 1. The van der Waals surface area contributed by atoms with E-state index in [9.17, 15) is 14.9 Å². The Morgan fingerprint density at radius 3 is 2.83 bits per heavy atom. The molecule has 0 aromatic carbocycles. The highest BCUT2D eigenvalue weighted by Crippen LogP contribution is 2.26. The number of hydrogen-bond acceptors (Lipinski definition) is 7. The third-order valence-electron chi connectivity index (χ3n) is 3.15. The number of aromatic nitrogens is 4. The second-order valence-electron chi connectivity index (χ2n) is 4.57. The van der Waals surface area contributed by atoms with Crippen LogP contribution in [0.4, 0.5) is 11.5 Å². The van der Waals surface area contributed by atoms with Crippen LogP contribution in [0.3, 0.4) is 0 Å². The van der Waals surface area contributed by atoms with E-state index in [2.05, 4.69) is 15.5 Å². The van der Waals surface area contributed by atoms with Crippen molar-refractivity contribution in [1.29, 1.82) is 5.26 Å². The predicted molar refractivity (Wildman–Crippen MR) is 76.7 cm³/mol. The first-order valence-corrected chi connectivity index (χ1v) is 6.39. The minimum atomic E-state index is -0.862. The summed E-state index contributed by atoms with van der Waals surface area (Å²) in [6, 6.07) is 1.05. The zero-order valence-electron chi connectivity index (χ0n) is 12.5. The standard InChI is InChI=1S/C12H13N7O4/c1-7(18-6-9(19(21)22)12(16-18)23-3)11(20)15-10-8(4-13)5-14-17(10)2/h5-7H,1-3H3,(H,15,20). The molecule has 1 amide bonds. The molecule has 0 aliphatic carbocycles. The number of amides is 1. The van der Waals surface area contributed by atoms with E-state index in [1.165, 1.54) is 24.9 Å². The van der Waals surface area contributed by atoms with Gasteiger partial charge in [0.15, 0.2) is 0 Å². The van der Waals surface area contributed by atoms with Gasteiger partial charge in [0.05, 0.1) is 18.2 Å². The quantitative estimate of drug-likeness (QED) is 0.628. The van der Waals surface area contributed by atoms with Gasteiger partial charge in [0.1, 0.15) is 29.7 Å². The molecule has 0 saturated carbocycles. The van der Waals surface area contributed by atoms with Crippen molar-refractivity contribution in [2.45, 2.75) is 13.0 Å². The van der Waals surface area contributed by atoms with Gasteiger partial charge in [-0.2, -0.15) is 10.4 Å². The first-order valence-electron chi connectivity index (χ1n) is 6.39. The van der Waals surface area contributed by atoms with Crippen molar-refractivity contribution in [2.75, 3.05) is 12.4 Å². The number of rotatable bonds is 5. The number of anilines is 1. The number of hydrogen-bond donors (Lipinski definition) is 1. The zero-order chi connectivity index (χ0) is 17.1. The Bertz CT molecular complexity index is 801. The maximum atomic E-state index is 12.3. The lowest BCUT2D eigenvalue weighted by Crippen LogP contribution is -2.25. The largest absolute Gasteiger partial charge is 0.475 e. The molecule has 0 aliphatic heterocycles. The maximum absolute atomic E-state index is 12.3. The molecule has 0 aliphatic rings. The summed E-state index contributed by atoms with van der Waals surface area (Å²) in [5.74, 6) is -0.462. The lowest BCUT2D eigenvalue weighted by Gasteiger charge is -2.12. The molecule has 0 radical (unpaired) electrons. The molecule has 0 saturated heterocycles. The molecule has 1 atom stereocenters. The number of nitrogens with zero attached hydrogens (tertiary/aromatic N) is 6. The van der Waals surface area contributed by atoms with E-state index in [1.807, 2.05) is 6.07 Å². The second-order valence-corrected chi connectivity index (χ2v) is 4.57. The summed E-state index contributed by atoms with van der Waals surface area (Å²) in [6.07, 6.45) is 2.43. The Morgan fingerprint density at radius 1 is 1.61 bits per heavy atom. The molecule has 2 aromatic rings. The molecule has 1 unspecified atom stereocenters. The summed E-state index contributed by atoms with van der Waals surface area (Å²) in [5.41, 5.74) is -0.137. The van der Waals surface area contributed by atoms with Crippen LogP contribution < -0.4 is 10.1 Å². The van der Waals surface area contributed by atoms with Crippen molar-refractivity contribution in [2.24, 2.45) is 7.05 Å². The monoisotopic (exact) mass is 319 g/mol. The van der Waals surface area contributed by atoms with Gasteiger partial charge in [-0.25, -0.2) is 4.68 Å². The molecule has 2 heterocycles. The van der Waals surface area contributed by atoms with Crippen LogP contribution in [0.5, 0.6) is 5.88 Å². The van der Waals surface area contributed by atoms with Crippen molar-refractivity contribution in [1.82, 2.24) is 19.6 Å². The molecule has 11 heteroatoms. The van der Waals surface area contributed by atoms with Gasteiger partial charge in [-0.15, -0.1) is 5.10 Å². The van der Waals surface area contributed by atoms with Gasteiger partial charge in [0.2, 0.25) is 5.91 Å². The molecule has 0 bridgehead atoms. The highest BCUT2D eigenvalue weighted by molar-refractivity contribution is 5.93. The third kappa shape index (κ3) is 2.95. The number of nitriles is 1. The van der Waals surface area contributed by atoms with E-state index in [0.29, 0.717) is 0 Å². The normalized spacial score (nSPS) is 11.6. The lowest BCUT2D eigenvalue weighted by atomic mass is 10.3. The fourth-order valence-corrected chi connectivity index (χ4v) is 1.84. The molecule has 2 aromatic heterocycles. The highest BCUT2D eigenvalue weighted by Gasteiger charge is 2.26. The molecule has 1 N–H and O–H groups in total. The van der Waals surface area contributed by atoms with Crippen LogP contribution in [0.25, 0.3) is 0 Å². The van der Waals surface area contributed by atoms with Crippen LogP contribution in [-0.4, -0.2) is 37.5 Å². The summed E-state index contributed by atoms with van der Waals surface area (Å²) < 4.78 is 7.28. The molecule has 0 fully saturated rings. The van der Waals surface area contributed by atoms with Crippen LogP contribution in [0.1, 0.15) is 18.5 Å². The molecule has 2 rings (SSSR count). The molecular formula is C12H13N7O4. The predicted octanol–water partition coefficient (Wildman–Crippen LogP) is 0.605. The van der Waals surface area contributed by atoms with Crippen molar-refractivity contribution >= 4 is 17.4 Å². The van der Waals surface area contributed by atoms with Gasteiger partial charge >= 0.3 is 11.6 Å². The van der Waals surface area contributed by atoms with E-state index >= 15 is 0 Å². The van der Waals surface area contributed by atoms with E-state index in [1.54, 1.807) is 7.05 Å². The fourth-order valence-electron chi connectivity index (χ4n) is 1.84. The smallest absolute Gasteiger partial charge is 0.350 e. The summed E-state index contributed by atoms with van der Waals surface area (Å²) in [7, 11) is 2.82. The summed E-state index contributed by atoms with van der Waals surface area (Å²) in [4.78, 5) is 22.5. The van der Waals surface area contributed by atoms with Gasteiger partial charge < -0.3 is 10.1 Å². The van der Waals surface area contributed by atoms with Crippen LogP contribution in [0.15, 0.2) is 12.4 Å². The van der Waals surface area contributed by atoms with Gasteiger partial charge in [-0.1, -0.05) is 0 Å². The van der Waals surface area contributed by atoms with Gasteiger partial charge in [-0.05, 0) is 6.92 Å². The Labute approximate surface area is 130 Å². The van der Waals surface area contributed by atoms with Crippen molar-refractivity contribution in [3.8, 4) is 11.9 Å². The summed E-state index contributed by atoms with van der Waals surface area (Å²) in [6.45, 7) is 1.51. The Balaban J connectivity index is 2.25. The Hall–Kier alpha value is -3.42. The fraction of sp³-hybridized carbons (Fsp3) is 0.333. The third-order valence-corrected chi connectivity index (χ3v) is 3.15. The first kappa shape index (κ1) is 16.0. The van der Waals surface area contributed by atoms with Gasteiger partial charge in [-0.3, -0.25) is 19.6 Å². The summed E-state index contributed by atoms with van der Waals surface area (Å²) >= 11 is 0. The number of aryl methyl sites for hydroxylation is 1. The minimum Gasteiger partial charge on any atom is -0.475 e. The van der Waals surface area contributed by atoms with Crippen molar-refractivity contribution in [3.63, 3.8) is 0 Å². The molecule has 23 heavy (non-hydrogen) atoms. The van der Waals surface area contributed by atoms with Crippen LogP contribution in [0.2, 0.25) is 0 Å². The van der Waals surface area contributed by atoms with Gasteiger partial charge in [0.25, 0.3) is 0 Å². The molecule has 0 spiro atoms. The average Bonchev–Trinajstić information content (AvgIpc) is 3.11. The van der Waals surface area contributed by atoms with Gasteiger partial charge in [0, 0.05) is 7.05 Å². The molecule has 120 valence electrons. The highest BCUT2D eigenvalue weighted by atomic mass is 16.6. The lowest BCUT2D eigenvalue weighted by molar-refractivity contribution is -0.385. The first-order chi connectivity index (χ1) is 10.9. The van der Waals surface area contributed by atoms with E-state index in [4.69, 9.17) is 10.00 Å². The van der Waals surface area contributed by atoms with Crippen LogP contribution >= 0.6 is 0 Å². The molecule has 11 nitrogen and oxygen atoms in total. The minimum absolute atomic E-state index is 0.187. The number of nitro groups is 1. The van der Waals surface area contributed by atoms with Crippen molar-refractivity contribution < 1.29 is 14.5 Å². The SMILES string of the molecule is COc1nn(C(C)C(=O)Nc2c(C#N)cnn2C)cc1[N+](=O)[O-]. The van der Waals surface area contributed by atoms with Crippen LogP contribution in [0, 0.1) is 21.4 Å². The van der Waals surface area contributed by atoms with Crippen LogP contribution in [-0.2, 0) is 11.8 Å². The van der Waals surface area contributed by atoms with Crippen molar-refractivity contribution in [3.05, 3.63) is 28.1 Å². The number of methoxy groups -OCH3 is 1. The Morgan fingerprint density at radius 2 is 2.30 bits per heavy atom. The second kappa shape index (κ2) is 6.14. The van der Waals surface area contributed by atoms with E-state index < -0.39 is 16.9 Å². The molecular weight excluding hydrogens is 306 g/mol. The summed E-state index contributed by atoms with van der Waals surface area (Å²) in [5, 5.41) is 30.2. The average molecular weight is 319 g/mol. The maximum Gasteiger partial charge on any atom is 0.350 e.